The van der Waals surface area contributed by atoms with Gasteiger partial charge in [0.15, 0.2) is 0 Å². The van der Waals surface area contributed by atoms with E-state index in [2.05, 4.69) is 18.9 Å². The highest BCUT2D eigenvalue weighted by molar-refractivity contribution is 6.13. The van der Waals surface area contributed by atoms with Gasteiger partial charge >= 0.3 is 25.4 Å². The van der Waals surface area contributed by atoms with Gasteiger partial charge in [0, 0.05) is 34.4 Å². The molecule has 50 heavy (non-hydrogen) atoms. The Morgan fingerprint density at radius 3 is 0.980 bits per heavy atom. The summed E-state index contributed by atoms with van der Waals surface area (Å²) in [5.74, 6) is -5.43. The van der Waals surface area contributed by atoms with Gasteiger partial charge in [-0.1, -0.05) is 0 Å². The standard InChI is InChI=1S/C30H6F12N4O4/c31-27(32,33)47-13-1-19-23(11(7-43)8-44)15-5-16-18(6-17(15)25(19)21(3-13)49-29(37,38)39)26-20(24(16)12(9-45)10-46)2-14(48-28(34,35)36)4-22(26)50-30(40,41)42/h1-6H. The van der Waals surface area contributed by atoms with Crippen LogP contribution < -0.4 is 18.9 Å². The van der Waals surface area contributed by atoms with Crippen LogP contribution in [0, 0.1) is 45.3 Å². The molecule has 0 unspecified atom stereocenters. The van der Waals surface area contributed by atoms with Crippen molar-refractivity contribution in [1.82, 2.24) is 0 Å². The Labute approximate surface area is 269 Å². The van der Waals surface area contributed by atoms with E-state index < -0.39 is 115 Å². The number of allylic oxidation sites excluding steroid dienone is 2. The SMILES string of the molecule is N#CC(C#N)=C1c2cc3c(cc2-c2c(OC(F)(F)F)cc(OC(F)(F)F)cc21)-c1c(OC(F)(F)F)cc(OC(F)(F)F)cc1C3=C(C#N)C#N. The number of alkyl halides is 12. The van der Waals surface area contributed by atoms with Crippen molar-refractivity contribution in [3.8, 4) is 69.5 Å². The van der Waals surface area contributed by atoms with Gasteiger partial charge in [0.25, 0.3) is 0 Å². The molecule has 0 spiro atoms. The second-order valence-corrected chi connectivity index (χ2v) is 9.77. The monoisotopic (exact) mass is 714 g/mol. The highest BCUT2D eigenvalue weighted by Crippen LogP contribution is 2.59. The third-order valence-electron chi connectivity index (χ3n) is 6.79. The zero-order chi connectivity index (χ0) is 37.1. The summed E-state index contributed by atoms with van der Waals surface area (Å²) in [6.07, 6.45) is -22.2. The molecule has 3 aromatic carbocycles. The summed E-state index contributed by atoms with van der Waals surface area (Å²) < 4.78 is 176. The molecule has 0 heterocycles. The third-order valence-corrected chi connectivity index (χ3v) is 6.79. The van der Waals surface area contributed by atoms with Gasteiger partial charge in [-0.05, 0) is 57.6 Å². The van der Waals surface area contributed by atoms with Crippen LogP contribution in [-0.2, 0) is 0 Å². The van der Waals surface area contributed by atoms with Crippen LogP contribution in [-0.4, -0.2) is 25.4 Å². The summed E-state index contributed by atoms with van der Waals surface area (Å²) in [5, 5.41) is 38.8. The Kier molecular flexibility index (Phi) is 8.04. The maximum atomic E-state index is 13.6. The van der Waals surface area contributed by atoms with Crippen LogP contribution in [0.25, 0.3) is 33.4 Å². The normalized spacial score (nSPS) is 13.0. The van der Waals surface area contributed by atoms with E-state index in [1.165, 1.54) is 24.3 Å². The van der Waals surface area contributed by atoms with Crippen LogP contribution in [0.1, 0.15) is 22.3 Å². The van der Waals surface area contributed by atoms with Crippen molar-refractivity contribution in [3.05, 3.63) is 69.8 Å². The lowest BCUT2D eigenvalue weighted by Crippen LogP contribution is -2.19. The Hall–Kier alpha value is -6.54. The Balaban J connectivity index is 1.97. The molecule has 0 aliphatic heterocycles. The molecule has 0 fully saturated rings. The largest absolute Gasteiger partial charge is 0.573 e. The Bertz CT molecular complexity index is 2040. The average Bonchev–Trinajstić information content (AvgIpc) is 3.42. The van der Waals surface area contributed by atoms with Gasteiger partial charge in [-0.2, -0.15) is 21.0 Å². The van der Waals surface area contributed by atoms with E-state index in [1.54, 1.807) is 0 Å². The molecule has 5 rings (SSSR count). The summed E-state index contributed by atoms with van der Waals surface area (Å²) in [5.41, 5.74) is -7.89. The van der Waals surface area contributed by atoms with Gasteiger partial charge in [0.2, 0.25) is 0 Å². The van der Waals surface area contributed by atoms with Gasteiger partial charge < -0.3 is 18.9 Å². The zero-order valence-corrected chi connectivity index (χ0v) is 23.4. The number of hydrogen-bond donors (Lipinski definition) is 0. The van der Waals surface area contributed by atoms with Gasteiger partial charge in [0.1, 0.15) is 58.4 Å². The molecule has 254 valence electrons. The molecule has 2 aliphatic rings. The van der Waals surface area contributed by atoms with E-state index in [0.717, 1.165) is 12.1 Å². The van der Waals surface area contributed by atoms with Crippen molar-refractivity contribution in [2.45, 2.75) is 25.4 Å². The predicted molar refractivity (Wildman–Crippen MR) is 139 cm³/mol. The average molecular weight is 714 g/mol. The molecule has 0 N–H and O–H groups in total. The molecular formula is C30H6F12N4O4. The first-order valence-corrected chi connectivity index (χ1v) is 12.8. The van der Waals surface area contributed by atoms with E-state index in [1.807, 2.05) is 0 Å². The van der Waals surface area contributed by atoms with Gasteiger partial charge in [-0.15, -0.1) is 52.7 Å². The summed E-state index contributed by atoms with van der Waals surface area (Å²) in [4.78, 5) is 0. The topological polar surface area (TPSA) is 132 Å². The molecule has 0 radical (unpaired) electrons. The number of hydrogen-bond acceptors (Lipinski definition) is 8. The molecule has 0 aromatic heterocycles. The quantitative estimate of drug-likeness (QED) is 0.133. The van der Waals surface area contributed by atoms with E-state index in [9.17, 15) is 73.7 Å². The first-order valence-electron chi connectivity index (χ1n) is 12.8. The van der Waals surface area contributed by atoms with Crippen molar-refractivity contribution >= 4 is 11.1 Å². The van der Waals surface area contributed by atoms with E-state index in [4.69, 9.17) is 0 Å². The summed E-state index contributed by atoms with van der Waals surface area (Å²) in [7, 11) is 0. The fraction of sp³-hybridized carbons (Fsp3) is 0.133. The van der Waals surface area contributed by atoms with E-state index in [0.29, 0.717) is 12.1 Å². The van der Waals surface area contributed by atoms with E-state index >= 15 is 0 Å². The van der Waals surface area contributed by atoms with Gasteiger partial charge in [-0.25, -0.2) is 0 Å². The summed E-state index contributed by atoms with van der Waals surface area (Å²) in [6, 6.07) is 8.67. The minimum absolute atomic E-state index is 0.153. The lowest BCUT2D eigenvalue weighted by molar-refractivity contribution is -0.278. The fourth-order valence-corrected chi connectivity index (χ4v) is 5.46. The minimum Gasteiger partial charge on any atom is -0.406 e. The smallest absolute Gasteiger partial charge is 0.406 e. The number of fused-ring (bicyclic) bond motifs is 6. The molecule has 20 heteroatoms. The molecular weight excluding hydrogens is 708 g/mol. The summed E-state index contributed by atoms with van der Waals surface area (Å²) in [6.45, 7) is 0. The van der Waals surface area contributed by atoms with E-state index in [-0.39, 0.29) is 12.1 Å². The zero-order valence-electron chi connectivity index (χ0n) is 23.4. The highest BCUT2D eigenvalue weighted by atomic mass is 19.4. The van der Waals surface area contributed by atoms with Gasteiger partial charge in [0.05, 0.1) is 0 Å². The number of benzene rings is 3. The van der Waals surface area contributed by atoms with Crippen LogP contribution in [0.2, 0.25) is 0 Å². The molecule has 2 aliphatic carbocycles. The maximum Gasteiger partial charge on any atom is 0.573 e. The molecule has 0 amide bonds. The molecule has 3 aromatic rings. The second-order valence-electron chi connectivity index (χ2n) is 9.77. The number of halogens is 12. The van der Waals surface area contributed by atoms with Crippen LogP contribution >= 0.6 is 0 Å². The maximum absolute atomic E-state index is 13.6. The second kappa shape index (κ2) is 11.6. The number of nitriles is 4. The molecule has 0 bridgehead atoms. The summed E-state index contributed by atoms with van der Waals surface area (Å²) >= 11 is 0. The Morgan fingerprint density at radius 1 is 0.400 bits per heavy atom. The third kappa shape index (κ3) is 6.59. The van der Waals surface area contributed by atoms with Gasteiger partial charge in [-0.3, -0.25) is 0 Å². The van der Waals surface area contributed by atoms with Crippen LogP contribution in [0.3, 0.4) is 0 Å². The number of ether oxygens (including phenoxy) is 4. The first-order chi connectivity index (χ1) is 23.1. The first kappa shape index (κ1) is 34.8. The van der Waals surface area contributed by atoms with Crippen LogP contribution in [0.15, 0.2) is 47.5 Å². The number of rotatable bonds is 4. The Morgan fingerprint density at radius 2 is 0.700 bits per heavy atom. The van der Waals surface area contributed by atoms with Crippen LogP contribution in [0.4, 0.5) is 52.7 Å². The highest BCUT2D eigenvalue weighted by Gasteiger charge is 2.43. The molecule has 0 saturated carbocycles. The van der Waals surface area contributed by atoms with Crippen molar-refractivity contribution in [2.75, 3.05) is 0 Å². The van der Waals surface area contributed by atoms with Crippen molar-refractivity contribution in [2.24, 2.45) is 0 Å². The predicted octanol–water partition coefficient (Wildman–Crippen LogP) is 8.94. The molecule has 0 saturated heterocycles. The lowest BCUT2D eigenvalue weighted by Gasteiger charge is -2.17. The van der Waals surface area contributed by atoms with Crippen molar-refractivity contribution in [1.29, 1.82) is 21.0 Å². The molecule has 8 nitrogen and oxygen atoms in total. The van der Waals surface area contributed by atoms with Crippen molar-refractivity contribution < 1.29 is 71.6 Å². The molecule has 0 atom stereocenters. The fourth-order valence-electron chi connectivity index (χ4n) is 5.46. The minimum atomic E-state index is -5.60. The number of nitrogens with zero attached hydrogens (tertiary/aromatic N) is 4. The lowest BCUT2D eigenvalue weighted by atomic mass is 9.93. The van der Waals surface area contributed by atoms with Crippen molar-refractivity contribution in [3.63, 3.8) is 0 Å². The van der Waals surface area contributed by atoms with Crippen LogP contribution in [0.5, 0.6) is 23.0 Å².